The highest BCUT2D eigenvalue weighted by Crippen LogP contribution is 2.25. The zero-order valence-corrected chi connectivity index (χ0v) is 13.1. The lowest BCUT2D eigenvalue weighted by Gasteiger charge is -1.99. The summed E-state index contributed by atoms with van der Waals surface area (Å²) < 4.78 is 1.48. The quantitative estimate of drug-likeness (QED) is 0.804. The van der Waals surface area contributed by atoms with Crippen molar-refractivity contribution in [2.75, 3.05) is 5.32 Å². The summed E-state index contributed by atoms with van der Waals surface area (Å²) in [5.41, 5.74) is 3.44. The van der Waals surface area contributed by atoms with Gasteiger partial charge >= 0.3 is 0 Å². The van der Waals surface area contributed by atoms with Crippen molar-refractivity contribution in [3.05, 3.63) is 47.1 Å². The summed E-state index contributed by atoms with van der Waals surface area (Å²) in [6.07, 6.45) is 2.57. The number of anilines is 1. The average molecular weight is 313 g/mol. The van der Waals surface area contributed by atoms with Crippen LogP contribution in [-0.2, 0) is 13.5 Å². The van der Waals surface area contributed by atoms with Crippen molar-refractivity contribution in [1.29, 1.82) is 0 Å². The predicted octanol–water partition coefficient (Wildman–Crippen LogP) is 2.75. The van der Waals surface area contributed by atoms with E-state index < -0.39 is 0 Å². The Morgan fingerprint density at radius 3 is 2.73 bits per heavy atom. The van der Waals surface area contributed by atoms with Gasteiger partial charge in [0, 0.05) is 18.0 Å². The molecule has 0 aliphatic rings. The van der Waals surface area contributed by atoms with Crippen molar-refractivity contribution in [2.24, 2.45) is 7.05 Å². The first-order valence-corrected chi connectivity index (χ1v) is 7.76. The number of hydrogen-bond donors (Lipinski definition) is 1. The minimum Gasteiger partial charge on any atom is -0.296 e. The molecule has 1 aromatic carbocycles. The SMILES string of the molecule is CCc1ccc(-c2csc(NC(=O)c3cn(C)nn3)n2)cc1. The zero-order chi connectivity index (χ0) is 15.5. The van der Waals surface area contributed by atoms with Crippen LogP contribution in [-0.4, -0.2) is 25.9 Å². The summed E-state index contributed by atoms with van der Waals surface area (Å²) in [5, 5.41) is 12.7. The molecule has 0 aliphatic heterocycles. The number of aromatic nitrogens is 4. The van der Waals surface area contributed by atoms with E-state index in [1.165, 1.54) is 21.6 Å². The first kappa shape index (κ1) is 14.4. The average Bonchev–Trinajstić information content (AvgIpc) is 3.16. The van der Waals surface area contributed by atoms with Gasteiger partial charge in [0.2, 0.25) is 0 Å². The highest BCUT2D eigenvalue weighted by molar-refractivity contribution is 7.14. The molecule has 6 nitrogen and oxygen atoms in total. The molecule has 3 aromatic rings. The first-order valence-electron chi connectivity index (χ1n) is 6.88. The molecule has 0 atom stereocenters. The molecule has 3 rings (SSSR count). The smallest absolute Gasteiger partial charge is 0.279 e. The van der Waals surface area contributed by atoms with Gasteiger partial charge in [0.15, 0.2) is 10.8 Å². The molecule has 1 amide bonds. The lowest BCUT2D eigenvalue weighted by atomic mass is 10.1. The first-order chi connectivity index (χ1) is 10.7. The number of rotatable bonds is 4. The second kappa shape index (κ2) is 6.07. The Morgan fingerprint density at radius 2 is 2.09 bits per heavy atom. The van der Waals surface area contributed by atoms with Gasteiger partial charge in [-0.1, -0.05) is 36.4 Å². The fourth-order valence-electron chi connectivity index (χ4n) is 1.99. The van der Waals surface area contributed by atoms with Gasteiger partial charge < -0.3 is 0 Å². The summed E-state index contributed by atoms with van der Waals surface area (Å²) in [5.74, 6) is -0.310. The van der Waals surface area contributed by atoms with E-state index in [1.54, 1.807) is 13.2 Å². The van der Waals surface area contributed by atoms with Crippen molar-refractivity contribution in [3.63, 3.8) is 0 Å². The monoisotopic (exact) mass is 313 g/mol. The Hall–Kier alpha value is -2.54. The molecule has 0 radical (unpaired) electrons. The van der Waals surface area contributed by atoms with E-state index in [4.69, 9.17) is 0 Å². The lowest BCUT2D eigenvalue weighted by Crippen LogP contribution is -2.12. The fourth-order valence-corrected chi connectivity index (χ4v) is 2.70. The molecule has 0 saturated carbocycles. The van der Waals surface area contributed by atoms with Gasteiger partial charge in [-0.2, -0.15) is 0 Å². The van der Waals surface area contributed by atoms with Gasteiger partial charge in [-0.15, -0.1) is 16.4 Å². The minimum absolute atomic E-state index is 0.270. The molecule has 0 unspecified atom stereocenters. The minimum atomic E-state index is -0.310. The molecule has 0 fully saturated rings. The maximum Gasteiger partial charge on any atom is 0.279 e. The second-order valence-electron chi connectivity index (χ2n) is 4.82. The van der Waals surface area contributed by atoms with Gasteiger partial charge in [-0.25, -0.2) is 4.98 Å². The van der Waals surface area contributed by atoms with E-state index in [0.29, 0.717) is 5.13 Å². The van der Waals surface area contributed by atoms with Crippen LogP contribution >= 0.6 is 11.3 Å². The van der Waals surface area contributed by atoms with Crippen LogP contribution in [0.25, 0.3) is 11.3 Å². The second-order valence-corrected chi connectivity index (χ2v) is 5.68. The van der Waals surface area contributed by atoms with Crippen LogP contribution in [0, 0.1) is 0 Å². The largest absolute Gasteiger partial charge is 0.296 e. The fraction of sp³-hybridized carbons (Fsp3) is 0.200. The van der Waals surface area contributed by atoms with E-state index >= 15 is 0 Å². The van der Waals surface area contributed by atoms with Gasteiger partial charge in [0.1, 0.15) is 0 Å². The Labute approximate surface area is 131 Å². The van der Waals surface area contributed by atoms with Crippen LogP contribution in [0.1, 0.15) is 23.0 Å². The Kier molecular flexibility index (Phi) is 3.97. The van der Waals surface area contributed by atoms with Gasteiger partial charge in [0.05, 0.1) is 11.9 Å². The predicted molar refractivity (Wildman–Crippen MR) is 85.9 cm³/mol. The van der Waals surface area contributed by atoms with Crippen molar-refractivity contribution in [3.8, 4) is 11.3 Å². The van der Waals surface area contributed by atoms with E-state index in [-0.39, 0.29) is 11.6 Å². The number of hydrogen-bond acceptors (Lipinski definition) is 5. The molecule has 0 spiro atoms. The molecule has 1 N–H and O–H groups in total. The van der Waals surface area contributed by atoms with Crippen molar-refractivity contribution >= 4 is 22.4 Å². The Bertz CT molecular complexity index is 790. The molecule has 2 heterocycles. The Balaban J connectivity index is 1.74. The summed E-state index contributed by atoms with van der Waals surface area (Å²) in [7, 11) is 1.71. The van der Waals surface area contributed by atoms with Crippen LogP contribution in [0.3, 0.4) is 0 Å². The lowest BCUT2D eigenvalue weighted by molar-refractivity contribution is 0.102. The van der Waals surface area contributed by atoms with Gasteiger partial charge in [-0.05, 0) is 12.0 Å². The molecule has 0 bridgehead atoms. The van der Waals surface area contributed by atoms with E-state index in [1.807, 2.05) is 17.5 Å². The molecule has 22 heavy (non-hydrogen) atoms. The van der Waals surface area contributed by atoms with E-state index in [2.05, 4.69) is 39.7 Å². The molecule has 0 saturated heterocycles. The van der Waals surface area contributed by atoms with Crippen LogP contribution in [0.15, 0.2) is 35.8 Å². The summed E-state index contributed by atoms with van der Waals surface area (Å²) in [6, 6.07) is 8.27. The molecule has 0 aliphatic carbocycles. The third kappa shape index (κ3) is 3.04. The van der Waals surface area contributed by atoms with E-state index in [0.717, 1.165) is 17.7 Å². The van der Waals surface area contributed by atoms with Gasteiger partial charge in [0.25, 0.3) is 5.91 Å². The summed E-state index contributed by atoms with van der Waals surface area (Å²) >= 11 is 1.39. The van der Waals surface area contributed by atoms with Gasteiger partial charge in [-0.3, -0.25) is 14.8 Å². The maximum atomic E-state index is 12.0. The molecule has 2 aromatic heterocycles. The van der Waals surface area contributed by atoms with Crippen LogP contribution < -0.4 is 5.32 Å². The van der Waals surface area contributed by atoms with E-state index in [9.17, 15) is 4.79 Å². The summed E-state index contributed by atoms with van der Waals surface area (Å²) in [6.45, 7) is 2.12. The molecular formula is C15H15N5OS. The van der Waals surface area contributed by atoms with Crippen molar-refractivity contribution in [1.82, 2.24) is 20.0 Å². The number of carbonyl (C=O) groups is 1. The number of nitrogens with zero attached hydrogens (tertiary/aromatic N) is 4. The molecule has 112 valence electrons. The normalized spacial score (nSPS) is 10.6. The van der Waals surface area contributed by atoms with Crippen LogP contribution in [0.5, 0.6) is 0 Å². The summed E-state index contributed by atoms with van der Waals surface area (Å²) in [4.78, 5) is 16.4. The number of aryl methyl sites for hydroxylation is 2. The number of carbonyl (C=O) groups excluding carboxylic acids is 1. The molecular weight excluding hydrogens is 298 g/mol. The maximum absolute atomic E-state index is 12.0. The topological polar surface area (TPSA) is 72.7 Å². The highest BCUT2D eigenvalue weighted by atomic mass is 32.1. The van der Waals surface area contributed by atoms with Crippen molar-refractivity contribution < 1.29 is 4.79 Å². The number of benzene rings is 1. The highest BCUT2D eigenvalue weighted by Gasteiger charge is 2.12. The zero-order valence-electron chi connectivity index (χ0n) is 12.3. The Morgan fingerprint density at radius 1 is 1.32 bits per heavy atom. The van der Waals surface area contributed by atoms with Crippen LogP contribution in [0.4, 0.5) is 5.13 Å². The molecule has 7 heteroatoms. The standard InChI is InChI=1S/C15H15N5OS/c1-3-10-4-6-11(7-5-10)13-9-22-15(16-13)17-14(21)12-8-20(2)19-18-12/h4-9H,3H2,1-2H3,(H,16,17,21). The number of nitrogens with one attached hydrogen (secondary N) is 1. The third-order valence-corrected chi connectivity index (χ3v) is 3.98. The number of amides is 1. The van der Waals surface area contributed by atoms with Crippen molar-refractivity contribution in [2.45, 2.75) is 13.3 Å². The van der Waals surface area contributed by atoms with Crippen LogP contribution in [0.2, 0.25) is 0 Å². The number of thiazole rings is 1. The third-order valence-electron chi connectivity index (χ3n) is 3.22.